The summed E-state index contributed by atoms with van der Waals surface area (Å²) in [5, 5.41) is 7.18. The molecule has 1 atom stereocenters. The van der Waals surface area contributed by atoms with E-state index in [0.717, 1.165) is 29.5 Å². The Morgan fingerprint density at radius 2 is 1.81 bits per heavy atom. The maximum atomic E-state index is 13.4. The van der Waals surface area contributed by atoms with Crippen molar-refractivity contribution in [2.24, 2.45) is 12.5 Å². The summed E-state index contributed by atoms with van der Waals surface area (Å²) in [7, 11) is 1.77. The van der Waals surface area contributed by atoms with E-state index in [4.69, 9.17) is 0 Å². The van der Waals surface area contributed by atoms with Crippen molar-refractivity contribution in [1.82, 2.24) is 20.0 Å². The second kappa shape index (κ2) is 9.39. The van der Waals surface area contributed by atoms with Crippen molar-refractivity contribution in [2.45, 2.75) is 26.2 Å². The fourth-order valence-electron chi connectivity index (χ4n) is 4.75. The molecule has 6 nitrogen and oxygen atoms in total. The molecule has 0 unspecified atom stereocenters. The number of nitrogens with one attached hydrogen (secondary N) is 1. The lowest BCUT2D eigenvalue weighted by atomic mass is 9.73. The van der Waals surface area contributed by atoms with Gasteiger partial charge in [0, 0.05) is 32.9 Å². The van der Waals surface area contributed by atoms with Crippen LogP contribution in [-0.2, 0) is 18.3 Å². The van der Waals surface area contributed by atoms with Crippen LogP contribution in [0.4, 0.5) is 0 Å². The third kappa shape index (κ3) is 4.31. The average Bonchev–Trinajstić information content (AvgIpc) is 3.25. The Morgan fingerprint density at radius 1 is 1.06 bits per heavy atom. The van der Waals surface area contributed by atoms with Crippen LogP contribution in [0.5, 0.6) is 0 Å². The summed E-state index contributed by atoms with van der Waals surface area (Å²) in [5.41, 5.74) is 3.26. The summed E-state index contributed by atoms with van der Waals surface area (Å²) in [6.07, 6.45) is 3.74. The van der Waals surface area contributed by atoms with Gasteiger partial charge in [0.15, 0.2) is 0 Å². The largest absolute Gasteiger partial charge is 0.356 e. The van der Waals surface area contributed by atoms with Gasteiger partial charge in [-0.05, 0) is 48.9 Å². The highest BCUT2D eigenvalue weighted by Gasteiger charge is 2.44. The van der Waals surface area contributed by atoms with Crippen molar-refractivity contribution in [2.75, 3.05) is 19.6 Å². The lowest BCUT2D eigenvalue weighted by Gasteiger charge is -2.42. The van der Waals surface area contributed by atoms with E-state index in [1.807, 2.05) is 42.2 Å². The molecule has 166 valence electrons. The Kier molecular flexibility index (Phi) is 6.40. The molecule has 3 aromatic rings. The van der Waals surface area contributed by atoms with Gasteiger partial charge in [0.2, 0.25) is 5.91 Å². The molecule has 32 heavy (non-hydrogen) atoms. The molecule has 1 saturated heterocycles. The summed E-state index contributed by atoms with van der Waals surface area (Å²) in [5.74, 6) is -0.0555. The second-order valence-corrected chi connectivity index (χ2v) is 8.51. The zero-order valence-corrected chi connectivity index (χ0v) is 18.8. The van der Waals surface area contributed by atoms with E-state index < -0.39 is 5.41 Å². The van der Waals surface area contributed by atoms with Gasteiger partial charge in [-0.2, -0.15) is 5.10 Å². The fraction of sp³-hybridized carbons (Fsp3) is 0.346. The number of amides is 2. The summed E-state index contributed by atoms with van der Waals surface area (Å²) in [6, 6.07) is 20.2. The predicted octanol–water partition coefficient (Wildman–Crippen LogP) is 3.69. The highest BCUT2D eigenvalue weighted by atomic mass is 16.2. The average molecular weight is 431 g/mol. The molecule has 0 bridgehead atoms. The van der Waals surface area contributed by atoms with Crippen LogP contribution in [-0.4, -0.2) is 46.1 Å². The van der Waals surface area contributed by atoms with Crippen LogP contribution in [0, 0.1) is 5.41 Å². The maximum absolute atomic E-state index is 13.4. The number of likely N-dealkylation sites (tertiary alicyclic amines) is 1. The number of rotatable bonds is 6. The molecule has 0 aliphatic carbocycles. The van der Waals surface area contributed by atoms with Crippen LogP contribution in [0.1, 0.15) is 35.8 Å². The SMILES string of the molecule is CCNC(=O)[C@@]1(Cc2ccccc2-c2ccccc2)CCCN(C(=O)c2ccnn2C)C1. The number of aryl methyl sites for hydroxylation is 1. The molecule has 6 heteroatoms. The van der Waals surface area contributed by atoms with Crippen molar-refractivity contribution in [3.05, 3.63) is 78.1 Å². The van der Waals surface area contributed by atoms with Crippen molar-refractivity contribution in [3.63, 3.8) is 0 Å². The molecule has 1 N–H and O–H groups in total. The molecule has 0 saturated carbocycles. The van der Waals surface area contributed by atoms with E-state index in [9.17, 15) is 9.59 Å². The molecule has 1 aliphatic rings. The molecule has 4 rings (SSSR count). The number of aromatic nitrogens is 2. The topological polar surface area (TPSA) is 67.2 Å². The molecule has 0 spiro atoms. The molecular formula is C26H30N4O2. The first-order chi connectivity index (χ1) is 15.5. The zero-order chi connectivity index (χ0) is 22.6. The summed E-state index contributed by atoms with van der Waals surface area (Å²) >= 11 is 0. The maximum Gasteiger partial charge on any atom is 0.272 e. The Balaban J connectivity index is 1.69. The van der Waals surface area contributed by atoms with Crippen molar-refractivity contribution in [1.29, 1.82) is 0 Å². The van der Waals surface area contributed by atoms with Gasteiger partial charge < -0.3 is 10.2 Å². The molecule has 1 aromatic heterocycles. The van der Waals surface area contributed by atoms with Gasteiger partial charge in [0.1, 0.15) is 5.69 Å². The van der Waals surface area contributed by atoms with Gasteiger partial charge in [-0.1, -0.05) is 54.6 Å². The lowest BCUT2D eigenvalue weighted by molar-refractivity contribution is -0.133. The van der Waals surface area contributed by atoms with Gasteiger partial charge in [-0.3, -0.25) is 14.3 Å². The van der Waals surface area contributed by atoms with Crippen LogP contribution in [0.15, 0.2) is 66.9 Å². The van der Waals surface area contributed by atoms with Gasteiger partial charge in [-0.15, -0.1) is 0 Å². The van der Waals surface area contributed by atoms with Crippen LogP contribution in [0.2, 0.25) is 0 Å². The minimum absolute atomic E-state index is 0.0189. The Hall–Kier alpha value is -3.41. The second-order valence-electron chi connectivity index (χ2n) is 8.51. The quantitative estimate of drug-likeness (QED) is 0.649. The van der Waals surface area contributed by atoms with Crippen molar-refractivity contribution < 1.29 is 9.59 Å². The molecule has 0 radical (unpaired) electrons. The number of carbonyl (C=O) groups excluding carboxylic acids is 2. The summed E-state index contributed by atoms with van der Waals surface area (Å²) in [6.45, 7) is 3.54. The summed E-state index contributed by atoms with van der Waals surface area (Å²) in [4.78, 5) is 28.5. The van der Waals surface area contributed by atoms with E-state index in [0.29, 0.717) is 31.7 Å². The Labute approximate surface area is 189 Å². The van der Waals surface area contributed by atoms with Gasteiger partial charge in [0.05, 0.1) is 5.41 Å². The van der Waals surface area contributed by atoms with E-state index >= 15 is 0 Å². The van der Waals surface area contributed by atoms with Crippen molar-refractivity contribution in [3.8, 4) is 11.1 Å². The summed E-state index contributed by atoms with van der Waals surface area (Å²) < 4.78 is 1.59. The first kappa shape index (κ1) is 21.8. The highest BCUT2D eigenvalue weighted by Crippen LogP contribution is 2.37. The van der Waals surface area contributed by atoms with Crippen molar-refractivity contribution >= 4 is 11.8 Å². The molecule has 2 aromatic carbocycles. The number of hydrogen-bond donors (Lipinski definition) is 1. The monoisotopic (exact) mass is 430 g/mol. The molecule has 1 fully saturated rings. The highest BCUT2D eigenvalue weighted by molar-refractivity contribution is 5.93. The third-order valence-corrected chi connectivity index (χ3v) is 6.35. The molecular weight excluding hydrogens is 400 g/mol. The predicted molar refractivity (Wildman–Crippen MR) is 125 cm³/mol. The standard InChI is InChI=1S/C26H30N4O2/c1-3-27-25(32)26(15-9-17-30(19-26)24(31)23-14-16-28-29(23)2)18-21-12-7-8-13-22(21)20-10-5-4-6-11-20/h4-8,10-14,16H,3,9,15,17-19H2,1-2H3,(H,27,32)/t26-/m1/s1. The van der Waals surface area contributed by atoms with Gasteiger partial charge >= 0.3 is 0 Å². The molecule has 2 amide bonds. The first-order valence-corrected chi connectivity index (χ1v) is 11.2. The minimum Gasteiger partial charge on any atom is -0.356 e. The van der Waals surface area contributed by atoms with E-state index in [2.05, 4.69) is 34.7 Å². The first-order valence-electron chi connectivity index (χ1n) is 11.2. The van der Waals surface area contributed by atoms with Crippen LogP contribution >= 0.6 is 0 Å². The Morgan fingerprint density at radius 3 is 2.53 bits per heavy atom. The normalized spacial score (nSPS) is 18.4. The van der Waals surface area contributed by atoms with Gasteiger partial charge in [0.25, 0.3) is 5.91 Å². The number of nitrogens with zero attached hydrogens (tertiary/aromatic N) is 3. The zero-order valence-electron chi connectivity index (χ0n) is 18.8. The van der Waals surface area contributed by atoms with E-state index in [1.165, 1.54) is 0 Å². The number of hydrogen-bond acceptors (Lipinski definition) is 3. The van der Waals surface area contributed by atoms with Crippen LogP contribution in [0.25, 0.3) is 11.1 Å². The van der Waals surface area contributed by atoms with E-state index in [1.54, 1.807) is 24.0 Å². The molecule has 1 aliphatic heterocycles. The van der Waals surface area contributed by atoms with Crippen LogP contribution in [0.3, 0.4) is 0 Å². The number of carbonyl (C=O) groups is 2. The number of benzene rings is 2. The van der Waals surface area contributed by atoms with Crippen LogP contribution < -0.4 is 5.32 Å². The smallest absolute Gasteiger partial charge is 0.272 e. The molecule has 2 heterocycles. The third-order valence-electron chi connectivity index (χ3n) is 6.35. The van der Waals surface area contributed by atoms with E-state index in [-0.39, 0.29) is 11.8 Å². The lowest BCUT2D eigenvalue weighted by Crippen LogP contribution is -2.54. The fourth-order valence-corrected chi connectivity index (χ4v) is 4.75. The van der Waals surface area contributed by atoms with Gasteiger partial charge in [-0.25, -0.2) is 0 Å². The minimum atomic E-state index is -0.673. The number of piperidine rings is 1. The Bertz CT molecular complexity index is 1090.